The van der Waals surface area contributed by atoms with Crippen LogP contribution in [0.5, 0.6) is 0 Å². The summed E-state index contributed by atoms with van der Waals surface area (Å²) < 4.78 is 0. The number of allylic oxidation sites excluding steroid dienone is 2. The standard InChI is InChI=1S/C16H20N2O3/c1-11-9-13(7-8-14(11)15(19)20)18-16(21)17-10-12-5-3-2-4-6-12/h2-3,7-9,12H,4-6,10H2,1H3,(H,19,20)(H2,17,18,21). The molecule has 1 aromatic carbocycles. The average Bonchev–Trinajstić information content (AvgIpc) is 2.46. The number of aromatic carboxylic acids is 1. The molecule has 1 atom stereocenters. The highest BCUT2D eigenvalue weighted by atomic mass is 16.4. The zero-order valence-corrected chi connectivity index (χ0v) is 12.1. The van der Waals surface area contributed by atoms with Crippen LogP contribution in [0.25, 0.3) is 0 Å². The third-order valence-corrected chi connectivity index (χ3v) is 3.64. The molecular weight excluding hydrogens is 268 g/mol. The predicted octanol–water partition coefficient (Wildman–Crippen LogP) is 3.17. The van der Waals surface area contributed by atoms with Crippen LogP contribution in [0.2, 0.25) is 0 Å². The van der Waals surface area contributed by atoms with E-state index in [2.05, 4.69) is 22.8 Å². The maximum Gasteiger partial charge on any atom is 0.335 e. The van der Waals surface area contributed by atoms with E-state index in [4.69, 9.17) is 5.11 Å². The van der Waals surface area contributed by atoms with Crippen molar-refractivity contribution in [2.45, 2.75) is 26.2 Å². The molecule has 0 radical (unpaired) electrons. The summed E-state index contributed by atoms with van der Waals surface area (Å²) in [4.78, 5) is 22.8. The predicted molar refractivity (Wildman–Crippen MR) is 81.6 cm³/mol. The van der Waals surface area contributed by atoms with Crippen LogP contribution < -0.4 is 10.6 Å². The van der Waals surface area contributed by atoms with E-state index in [9.17, 15) is 9.59 Å². The fourth-order valence-corrected chi connectivity index (χ4v) is 2.44. The van der Waals surface area contributed by atoms with Gasteiger partial charge in [-0.1, -0.05) is 12.2 Å². The number of amides is 2. The Bertz CT molecular complexity index is 567. The number of carboxylic acid groups (broad SMARTS) is 1. The molecule has 0 bridgehead atoms. The van der Waals surface area contributed by atoms with Crippen molar-refractivity contribution in [1.82, 2.24) is 5.32 Å². The molecule has 0 saturated carbocycles. The van der Waals surface area contributed by atoms with Gasteiger partial charge in [-0.2, -0.15) is 0 Å². The number of benzene rings is 1. The lowest BCUT2D eigenvalue weighted by molar-refractivity contribution is 0.0696. The summed E-state index contributed by atoms with van der Waals surface area (Å²) in [5.74, 6) is -0.467. The molecule has 0 fully saturated rings. The Hall–Kier alpha value is -2.30. The van der Waals surface area contributed by atoms with E-state index in [1.54, 1.807) is 19.1 Å². The molecule has 0 saturated heterocycles. The molecule has 1 unspecified atom stereocenters. The quantitative estimate of drug-likeness (QED) is 0.745. The third kappa shape index (κ3) is 4.34. The van der Waals surface area contributed by atoms with E-state index in [-0.39, 0.29) is 11.6 Å². The van der Waals surface area contributed by atoms with E-state index in [1.807, 2.05) is 0 Å². The molecule has 5 nitrogen and oxygen atoms in total. The van der Waals surface area contributed by atoms with Crippen LogP contribution in [-0.4, -0.2) is 23.7 Å². The summed E-state index contributed by atoms with van der Waals surface area (Å²) in [7, 11) is 0. The van der Waals surface area contributed by atoms with Gasteiger partial charge in [0.15, 0.2) is 0 Å². The fraction of sp³-hybridized carbons (Fsp3) is 0.375. The maximum atomic E-state index is 11.8. The molecule has 0 heterocycles. The number of hydrogen-bond donors (Lipinski definition) is 3. The largest absolute Gasteiger partial charge is 0.478 e. The number of carboxylic acids is 1. The van der Waals surface area contributed by atoms with Crippen LogP contribution in [0, 0.1) is 12.8 Å². The first-order chi connectivity index (χ1) is 10.1. The number of rotatable bonds is 4. The van der Waals surface area contributed by atoms with Gasteiger partial charge in [0.25, 0.3) is 0 Å². The van der Waals surface area contributed by atoms with Crippen molar-refractivity contribution >= 4 is 17.7 Å². The van der Waals surface area contributed by atoms with Gasteiger partial charge in [-0.25, -0.2) is 9.59 Å². The van der Waals surface area contributed by atoms with Gasteiger partial charge < -0.3 is 15.7 Å². The molecule has 0 spiro atoms. The third-order valence-electron chi connectivity index (χ3n) is 3.64. The Morgan fingerprint density at radius 2 is 2.14 bits per heavy atom. The lowest BCUT2D eigenvalue weighted by Gasteiger charge is -2.18. The SMILES string of the molecule is Cc1cc(NC(=O)NCC2CC=CCC2)ccc1C(=O)O. The Balaban J connectivity index is 1.86. The van der Waals surface area contributed by atoms with Crippen molar-refractivity contribution in [1.29, 1.82) is 0 Å². The smallest absolute Gasteiger partial charge is 0.335 e. The van der Waals surface area contributed by atoms with Crippen LogP contribution in [0.15, 0.2) is 30.4 Å². The zero-order chi connectivity index (χ0) is 15.2. The first-order valence-electron chi connectivity index (χ1n) is 7.10. The average molecular weight is 288 g/mol. The topological polar surface area (TPSA) is 78.4 Å². The zero-order valence-electron chi connectivity index (χ0n) is 12.1. The Kier molecular flexibility index (Phi) is 4.98. The number of carbonyl (C=O) groups excluding carboxylic acids is 1. The first kappa shape index (κ1) is 15.1. The number of nitrogens with one attached hydrogen (secondary N) is 2. The highest BCUT2D eigenvalue weighted by molar-refractivity contribution is 5.92. The van der Waals surface area contributed by atoms with Crippen molar-refractivity contribution in [3.63, 3.8) is 0 Å². The summed E-state index contributed by atoms with van der Waals surface area (Å²) >= 11 is 0. The van der Waals surface area contributed by atoms with Crippen molar-refractivity contribution in [2.75, 3.05) is 11.9 Å². The summed E-state index contributed by atoms with van der Waals surface area (Å²) in [6, 6.07) is 4.50. The molecule has 112 valence electrons. The number of anilines is 1. The minimum absolute atomic E-state index is 0.245. The van der Waals surface area contributed by atoms with Crippen LogP contribution in [-0.2, 0) is 0 Å². The van der Waals surface area contributed by atoms with Crippen molar-refractivity contribution < 1.29 is 14.7 Å². The summed E-state index contributed by atoms with van der Waals surface area (Å²) in [5.41, 5.74) is 1.46. The lowest BCUT2D eigenvalue weighted by Crippen LogP contribution is -2.33. The number of carbonyl (C=O) groups is 2. The normalized spacial score (nSPS) is 17.3. The highest BCUT2D eigenvalue weighted by Crippen LogP contribution is 2.17. The van der Waals surface area contributed by atoms with Crippen molar-refractivity contribution in [2.24, 2.45) is 5.92 Å². The van der Waals surface area contributed by atoms with Gasteiger partial charge in [-0.3, -0.25) is 0 Å². The van der Waals surface area contributed by atoms with Gasteiger partial charge in [0.1, 0.15) is 0 Å². The van der Waals surface area contributed by atoms with Gasteiger partial charge in [0, 0.05) is 12.2 Å². The monoisotopic (exact) mass is 288 g/mol. The van der Waals surface area contributed by atoms with Crippen LogP contribution in [0.1, 0.15) is 35.2 Å². The molecule has 5 heteroatoms. The minimum atomic E-state index is -0.964. The number of urea groups is 1. The van der Waals surface area contributed by atoms with Crippen LogP contribution in [0.4, 0.5) is 10.5 Å². The van der Waals surface area contributed by atoms with Crippen LogP contribution in [0.3, 0.4) is 0 Å². The molecule has 0 aliphatic heterocycles. The van der Waals surface area contributed by atoms with Gasteiger partial charge in [-0.05, 0) is 55.9 Å². The molecule has 1 aromatic rings. The second kappa shape index (κ2) is 6.92. The second-order valence-corrected chi connectivity index (χ2v) is 5.32. The molecule has 1 aliphatic carbocycles. The summed E-state index contributed by atoms with van der Waals surface area (Å²) in [5, 5.41) is 14.5. The van der Waals surface area contributed by atoms with E-state index < -0.39 is 5.97 Å². The molecule has 21 heavy (non-hydrogen) atoms. The van der Waals surface area contributed by atoms with E-state index >= 15 is 0 Å². The van der Waals surface area contributed by atoms with E-state index in [1.165, 1.54) is 6.07 Å². The van der Waals surface area contributed by atoms with Crippen molar-refractivity contribution in [3.05, 3.63) is 41.5 Å². The highest BCUT2D eigenvalue weighted by Gasteiger charge is 2.12. The second-order valence-electron chi connectivity index (χ2n) is 5.32. The number of hydrogen-bond acceptors (Lipinski definition) is 2. The van der Waals surface area contributed by atoms with E-state index in [0.717, 1.165) is 19.3 Å². The fourth-order valence-electron chi connectivity index (χ4n) is 2.44. The first-order valence-corrected chi connectivity index (χ1v) is 7.10. The maximum absolute atomic E-state index is 11.8. The van der Waals surface area contributed by atoms with Gasteiger partial charge in [0.2, 0.25) is 0 Å². The Labute approximate surface area is 124 Å². The number of aryl methyl sites for hydroxylation is 1. The Morgan fingerprint density at radius 3 is 2.76 bits per heavy atom. The summed E-state index contributed by atoms with van der Waals surface area (Å²) in [6.45, 7) is 2.36. The molecular formula is C16H20N2O3. The van der Waals surface area contributed by atoms with Gasteiger partial charge in [-0.15, -0.1) is 0 Å². The Morgan fingerprint density at radius 1 is 1.33 bits per heavy atom. The summed E-state index contributed by atoms with van der Waals surface area (Å²) in [6.07, 6.45) is 7.50. The van der Waals surface area contributed by atoms with Gasteiger partial charge >= 0.3 is 12.0 Å². The molecule has 0 aromatic heterocycles. The van der Waals surface area contributed by atoms with Crippen LogP contribution >= 0.6 is 0 Å². The molecule has 1 aliphatic rings. The lowest BCUT2D eigenvalue weighted by atomic mass is 9.94. The minimum Gasteiger partial charge on any atom is -0.478 e. The molecule has 2 amide bonds. The van der Waals surface area contributed by atoms with Crippen molar-refractivity contribution in [3.8, 4) is 0 Å². The van der Waals surface area contributed by atoms with E-state index in [0.29, 0.717) is 23.7 Å². The molecule has 3 N–H and O–H groups in total. The van der Waals surface area contributed by atoms with Gasteiger partial charge in [0.05, 0.1) is 5.56 Å². The molecule has 2 rings (SSSR count).